The topological polar surface area (TPSA) is 119 Å². The van der Waals surface area contributed by atoms with Gasteiger partial charge in [-0.1, -0.05) is 37.8 Å². The third-order valence-corrected chi connectivity index (χ3v) is 5.03. The first-order valence-electron chi connectivity index (χ1n) is 10.5. The van der Waals surface area contributed by atoms with E-state index >= 15 is 0 Å². The van der Waals surface area contributed by atoms with Crippen molar-refractivity contribution in [3.05, 3.63) is 70.8 Å². The molecule has 0 aliphatic heterocycles. The standard InChI is InChI=1S/C23H25N3O5.C2H6/c1-23(21(29)24-2,22(30)25-31)26(3)20(28)19-12-10-17(11-13-19)5-4-16-6-8-18(9-7-16)14-15-27;1-2/h6-13,27,31H,14-15H2,1-3H3,(H,24,29)(H,25,30);1-2H3/t23-;/m0./s1. The van der Waals surface area contributed by atoms with Crippen LogP contribution in [0, 0.1) is 11.8 Å². The molecule has 0 radical (unpaired) electrons. The number of likely N-dealkylation sites (N-methyl/N-ethyl adjacent to an activating group) is 2. The molecule has 0 aromatic heterocycles. The number of rotatable bonds is 6. The third kappa shape index (κ3) is 6.65. The van der Waals surface area contributed by atoms with Gasteiger partial charge in [-0.25, -0.2) is 5.48 Å². The van der Waals surface area contributed by atoms with E-state index in [0.29, 0.717) is 12.0 Å². The normalized spacial score (nSPS) is 11.5. The number of aliphatic hydroxyl groups excluding tert-OH is 1. The number of benzene rings is 2. The van der Waals surface area contributed by atoms with Crippen LogP contribution in [0.3, 0.4) is 0 Å². The van der Waals surface area contributed by atoms with Crippen molar-refractivity contribution >= 4 is 17.7 Å². The molecule has 0 saturated heterocycles. The number of nitrogens with one attached hydrogen (secondary N) is 2. The Balaban J connectivity index is 0.00000265. The highest BCUT2D eigenvalue weighted by Gasteiger charge is 2.47. The van der Waals surface area contributed by atoms with Gasteiger partial charge in [0, 0.05) is 37.4 Å². The summed E-state index contributed by atoms with van der Waals surface area (Å²) in [5.41, 5.74) is 2.27. The zero-order chi connectivity index (χ0) is 25.0. The van der Waals surface area contributed by atoms with Crippen molar-refractivity contribution < 1.29 is 24.7 Å². The number of carbonyl (C=O) groups excluding carboxylic acids is 3. The highest BCUT2D eigenvalue weighted by Crippen LogP contribution is 2.18. The summed E-state index contributed by atoms with van der Waals surface area (Å²) in [4.78, 5) is 38.1. The lowest BCUT2D eigenvalue weighted by Crippen LogP contribution is -2.64. The fraction of sp³-hybridized carbons (Fsp3) is 0.320. The molecule has 0 spiro atoms. The van der Waals surface area contributed by atoms with Gasteiger partial charge in [-0.15, -0.1) is 0 Å². The Morgan fingerprint density at radius 2 is 1.42 bits per heavy atom. The van der Waals surface area contributed by atoms with Crippen LogP contribution in [0.5, 0.6) is 0 Å². The van der Waals surface area contributed by atoms with Crippen LogP contribution in [0.1, 0.15) is 47.8 Å². The quantitative estimate of drug-likeness (QED) is 0.230. The molecule has 2 rings (SSSR count). The number of carbonyl (C=O) groups is 3. The highest BCUT2D eigenvalue weighted by molar-refractivity contribution is 6.12. The van der Waals surface area contributed by atoms with Crippen molar-refractivity contribution in [3.8, 4) is 11.8 Å². The minimum absolute atomic E-state index is 0.0955. The molecule has 0 saturated carbocycles. The zero-order valence-corrected chi connectivity index (χ0v) is 19.6. The molecule has 0 bridgehead atoms. The molecule has 4 N–H and O–H groups in total. The summed E-state index contributed by atoms with van der Waals surface area (Å²) in [6.45, 7) is 5.33. The molecule has 0 aliphatic rings. The van der Waals surface area contributed by atoms with Crippen LogP contribution < -0.4 is 10.8 Å². The Morgan fingerprint density at radius 3 is 1.85 bits per heavy atom. The maximum atomic E-state index is 12.8. The van der Waals surface area contributed by atoms with Gasteiger partial charge in [0.15, 0.2) is 5.54 Å². The van der Waals surface area contributed by atoms with Crippen molar-refractivity contribution in [3.63, 3.8) is 0 Å². The minimum atomic E-state index is -1.94. The number of aliphatic hydroxyl groups is 1. The van der Waals surface area contributed by atoms with Crippen LogP contribution in [-0.2, 0) is 16.0 Å². The number of hydrogen-bond acceptors (Lipinski definition) is 5. The molecule has 2 aromatic carbocycles. The predicted molar refractivity (Wildman–Crippen MR) is 125 cm³/mol. The van der Waals surface area contributed by atoms with Crippen molar-refractivity contribution in [2.75, 3.05) is 20.7 Å². The van der Waals surface area contributed by atoms with E-state index in [1.165, 1.54) is 26.5 Å². The van der Waals surface area contributed by atoms with E-state index in [2.05, 4.69) is 17.2 Å². The number of hydroxylamine groups is 1. The largest absolute Gasteiger partial charge is 0.396 e. The summed E-state index contributed by atoms with van der Waals surface area (Å²) < 4.78 is 0. The molecule has 0 heterocycles. The summed E-state index contributed by atoms with van der Waals surface area (Å²) >= 11 is 0. The van der Waals surface area contributed by atoms with E-state index in [0.717, 1.165) is 16.0 Å². The van der Waals surface area contributed by atoms with Crippen molar-refractivity contribution in [2.24, 2.45) is 0 Å². The molecule has 0 fully saturated rings. The number of hydrogen-bond donors (Lipinski definition) is 4. The molecule has 176 valence electrons. The van der Waals surface area contributed by atoms with Crippen LogP contribution in [-0.4, -0.2) is 59.2 Å². The second kappa shape index (κ2) is 13.0. The molecular formula is C25H31N3O5. The second-order valence-electron chi connectivity index (χ2n) is 6.95. The highest BCUT2D eigenvalue weighted by atomic mass is 16.5. The summed E-state index contributed by atoms with van der Waals surface area (Å²) in [5, 5.41) is 20.3. The Morgan fingerprint density at radius 1 is 0.939 bits per heavy atom. The molecule has 8 nitrogen and oxygen atoms in total. The lowest BCUT2D eigenvalue weighted by atomic mass is 9.96. The van der Waals surface area contributed by atoms with Crippen molar-refractivity contribution in [1.29, 1.82) is 0 Å². The molecule has 0 aliphatic carbocycles. The average molecular weight is 454 g/mol. The van der Waals surface area contributed by atoms with Crippen molar-refractivity contribution in [1.82, 2.24) is 15.7 Å². The fourth-order valence-electron chi connectivity index (χ4n) is 2.88. The van der Waals surface area contributed by atoms with E-state index in [1.54, 1.807) is 24.3 Å². The SMILES string of the molecule is CC.CNC(=O)[C@@](C)(C(=O)NO)N(C)C(=O)c1ccc(C#Cc2ccc(CCO)cc2)cc1. The van der Waals surface area contributed by atoms with Gasteiger partial charge in [-0.05, 0) is 55.3 Å². The first kappa shape index (κ1) is 27.4. The zero-order valence-electron chi connectivity index (χ0n) is 19.6. The van der Waals surface area contributed by atoms with Crippen LogP contribution in [0.25, 0.3) is 0 Å². The lowest BCUT2D eigenvalue weighted by molar-refractivity contribution is -0.148. The second-order valence-corrected chi connectivity index (χ2v) is 6.95. The predicted octanol–water partition coefficient (Wildman–Crippen LogP) is 1.73. The maximum absolute atomic E-state index is 12.8. The van der Waals surface area contributed by atoms with E-state index in [1.807, 2.05) is 38.1 Å². The van der Waals surface area contributed by atoms with Gasteiger partial charge in [0.05, 0.1) is 0 Å². The van der Waals surface area contributed by atoms with Crippen molar-refractivity contribution in [2.45, 2.75) is 32.7 Å². The smallest absolute Gasteiger partial charge is 0.278 e. The monoisotopic (exact) mass is 453 g/mol. The first-order valence-corrected chi connectivity index (χ1v) is 10.5. The van der Waals surface area contributed by atoms with Gasteiger partial charge in [0.25, 0.3) is 17.7 Å². The molecule has 8 heteroatoms. The van der Waals surface area contributed by atoms with Gasteiger partial charge in [-0.2, -0.15) is 0 Å². The van der Waals surface area contributed by atoms with Crippen LogP contribution in [0.4, 0.5) is 0 Å². The number of nitrogens with zero attached hydrogens (tertiary/aromatic N) is 1. The molecular weight excluding hydrogens is 422 g/mol. The Hall–Kier alpha value is -3.67. The summed E-state index contributed by atoms with van der Waals surface area (Å²) in [7, 11) is 2.64. The van der Waals surface area contributed by atoms with E-state index in [9.17, 15) is 14.4 Å². The maximum Gasteiger partial charge on any atom is 0.278 e. The van der Waals surface area contributed by atoms with Crippen LogP contribution in [0.15, 0.2) is 48.5 Å². The summed E-state index contributed by atoms with van der Waals surface area (Å²) in [5.74, 6) is 3.68. The fourth-order valence-corrected chi connectivity index (χ4v) is 2.88. The molecule has 33 heavy (non-hydrogen) atoms. The van der Waals surface area contributed by atoms with Gasteiger partial charge >= 0.3 is 0 Å². The van der Waals surface area contributed by atoms with E-state index < -0.39 is 23.3 Å². The first-order chi connectivity index (χ1) is 15.8. The van der Waals surface area contributed by atoms with E-state index in [4.69, 9.17) is 10.3 Å². The van der Waals surface area contributed by atoms with Crippen LogP contribution >= 0.6 is 0 Å². The molecule has 3 amide bonds. The van der Waals surface area contributed by atoms with Gasteiger partial charge in [0.2, 0.25) is 0 Å². The third-order valence-electron chi connectivity index (χ3n) is 5.03. The molecule has 0 unspecified atom stereocenters. The summed E-state index contributed by atoms with van der Waals surface area (Å²) in [6.07, 6.45) is 0.594. The van der Waals surface area contributed by atoms with Gasteiger partial charge in [0.1, 0.15) is 0 Å². The Bertz CT molecular complexity index is 989. The van der Waals surface area contributed by atoms with E-state index in [-0.39, 0.29) is 12.2 Å². The Kier molecular flexibility index (Phi) is 10.8. The lowest BCUT2D eigenvalue weighted by Gasteiger charge is -2.34. The molecule has 1 atom stereocenters. The number of amides is 3. The summed E-state index contributed by atoms with van der Waals surface area (Å²) in [6, 6.07) is 14.0. The molecule has 2 aromatic rings. The minimum Gasteiger partial charge on any atom is -0.396 e. The Labute approximate surface area is 194 Å². The van der Waals surface area contributed by atoms with Gasteiger partial charge < -0.3 is 15.3 Å². The average Bonchev–Trinajstić information content (AvgIpc) is 2.87. The van der Waals surface area contributed by atoms with Gasteiger partial charge in [-0.3, -0.25) is 19.6 Å². The van der Waals surface area contributed by atoms with Crippen LogP contribution in [0.2, 0.25) is 0 Å².